The molecule has 0 aromatic carbocycles. The van der Waals surface area contributed by atoms with E-state index in [0.29, 0.717) is 30.2 Å². The SMILES string of the molecule is CC(CC(=O)N1CCN(C(C)(C)CN)CC1)CC(C)(C)C. The molecule has 0 saturated carbocycles. The van der Waals surface area contributed by atoms with Crippen molar-refractivity contribution < 1.29 is 4.79 Å². The molecule has 1 heterocycles. The number of nitrogens with zero attached hydrogens (tertiary/aromatic N) is 2. The van der Waals surface area contributed by atoms with Crippen molar-refractivity contribution in [3.8, 4) is 0 Å². The van der Waals surface area contributed by atoms with Crippen LogP contribution < -0.4 is 5.73 Å². The van der Waals surface area contributed by atoms with Crippen molar-refractivity contribution in [2.45, 2.75) is 59.9 Å². The molecule has 4 heteroatoms. The van der Waals surface area contributed by atoms with E-state index in [1.807, 2.05) is 4.90 Å². The molecule has 2 N–H and O–H groups in total. The molecule has 0 bridgehead atoms. The van der Waals surface area contributed by atoms with Gasteiger partial charge < -0.3 is 10.6 Å². The number of nitrogens with two attached hydrogens (primary N) is 1. The van der Waals surface area contributed by atoms with E-state index in [1.165, 1.54) is 0 Å². The Hall–Kier alpha value is -0.610. The molecule has 1 amide bonds. The van der Waals surface area contributed by atoms with E-state index in [4.69, 9.17) is 5.73 Å². The molecule has 4 nitrogen and oxygen atoms in total. The molecule has 1 fully saturated rings. The Morgan fingerprint density at radius 2 is 1.62 bits per heavy atom. The quantitative estimate of drug-likeness (QED) is 0.847. The molecule has 1 saturated heterocycles. The lowest BCUT2D eigenvalue weighted by Gasteiger charge is -2.43. The van der Waals surface area contributed by atoms with Gasteiger partial charge in [-0.2, -0.15) is 0 Å². The molecule has 0 aliphatic carbocycles. The lowest BCUT2D eigenvalue weighted by atomic mass is 9.84. The molecule has 0 aromatic heterocycles. The summed E-state index contributed by atoms with van der Waals surface area (Å²) >= 11 is 0. The van der Waals surface area contributed by atoms with Gasteiger partial charge in [0.2, 0.25) is 5.91 Å². The van der Waals surface area contributed by atoms with Crippen LogP contribution in [0.3, 0.4) is 0 Å². The van der Waals surface area contributed by atoms with Gasteiger partial charge in [-0.05, 0) is 31.6 Å². The predicted molar refractivity (Wildman–Crippen MR) is 89.1 cm³/mol. The molecule has 0 spiro atoms. The zero-order valence-corrected chi connectivity index (χ0v) is 14.9. The Bertz CT molecular complexity index is 338. The largest absolute Gasteiger partial charge is 0.340 e. The van der Waals surface area contributed by atoms with E-state index in [2.05, 4.69) is 46.4 Å². The summed E-state index contributed by atoms with van der Waals surface area (Å²) in [6.07, 6.45) is 1.77. The third-order valence-electron chi connectivity index (χ3n) is 4.47. The van der Waals surface area contributed by atoms with Gasteiger partial charge in [0.15, 0.2) is 0 Å². The minimum Gasteiger partial charge on any atom is -0.340 e. The topological polar surface area (TPSA) is 49.6 Å². The van der Waals surface area contributed by atoms with Crippen LogP contribution in [0.4, 0.5) is 0 Å². The zero-order valence-electron chi connectivity index (χ0n) is 14.9. The second kappa shape index (κ2) is 7.10. The van der Waals surface area contributed by atoms with Crippen molar-refractivity contribution in [2.75, 3.05) is 32.7 Å². The van der Waals surface area contributed by atoms with Crippen LogP contribution in [0.15, 0.2) is 0 Å². The first-order chi connectivity index (χ1) is 9.55. The number of hydrogen-bond acceptors (Lipinski definition) is 3. The van der Waals surface area contributed by atoms with Crippen LogP contribution in [0.2, 0.25) is 0 Å². The molecule has 21 heavy (non-hydrogen) atoms. The second-order valence-electron chi connectivity index (χ2n) is 8.46. The Balaban J connectivity index is 2.42. The van der Waals surface area contributed by atoms with Crippen LogP contribution in [-0.4, -0.2) is 54.0 Å². The number of carbonyl (C=O) groups is 1. The van der Waals surface area contributed by atoms with Crippen molar-refractivity contribution in [3.05, 3.63) is 0 Å². The molecule has 0 radical (unpaired) electrons. The van der Waals surface area contributed by atoms with Crippen molar-refractivity contribution in [1.82, 2.24) is 9.80 Å². The maximum atomic E-state index is 12.4. The first-order valence-corrected chi connectivity index (χ1v) is 8.28. The van der Waals surface area contributed by atoms with Crippen LogP contribution in [0.1, 0.15) is 54.4 Å². The standard InChI is InChI=1S/C17H35N3O/c1-14(12-16(2,3)4)11-15(21)19-7-9-20(10-8-19)17(5,6)13-18/h14H,7-13,18H2,1-6H3. The van der Waals surface area contributed by atoms with Crippen molar-refractivity contribution >= 4 is 5.91 Å². The first-order valence-electron chi connectivity index (χ1n) is 8.28. The number of rotatable bonds is 5. The highest BCUT2D eigenvalue weighted by molar-refractivity contribution is 5.76. The lowest BCUT2D eigenvalue weighted by Crippen LogP contribution is -2.58. The Kier molecular flexibility index (Phi) is 6.23. The third-order valence-corrected chi connectivity index (χ3v) is 4.47. The molecular weight excluding hydrogens is 262 g/mol. The van der Waals surface area contributed by atoms with E-state index in [9.17, 15) is 4.79 Å². The highest BCUT2D eigenvalue weighted by Crippen LogP contribution is 2.26. The van der Waals surface area contributed by atoms with Crippen LogP contribution in [0, 0.1) is 11.3 Å². The summed E-state index contributed by atoms with van der Waals surface area (Å²) in [4.78, 5) is 16.8. The number of piperazine rings is 1. The summed E-state index contributed by atoms with van der Waals surface area (Å²) in [6, 6.07) is 0. The van der Waals surface area contributed by atoms with E-state index in [0.717, 1.165) is 32.6 Å². The summed E-state index contributed by atoms with van der Waals surface area (Å²) in [5.74, 6) is 0.771. The molecule has 1 rings (SSSR count). The Morgan fingerprint density at radius 1 is 1.10 bits per heavy atom. The van der Waals surface area contributed by atoms with E-state index < -0.39 is 0 Å². The van der Waals surface area contributed by atoms with Gasteiger partial charge >= 0.3 is 0 Å². The van der Waals surface area contributed by atoms with Gasteiger partial charge in [-0.25, -0.2) is 0 Å². The van der Waals surface area contributed by atoms with E-state index in [-0.39, 0.29) is 5.54 Å². The maximum absolute atomic E-state index is 12.4. The van der Waals surface area contributed by atoms with Gasteiger partial charge in [0.05, 0.1) is 0 Å². The van der Waals surface area contributed by atoms with E-state index >= 15 is 0 Å². The van der Waals surface area contributed by atoms with Gasteiger partial charge in [-0.3, -0.25) is 9.69 Å². The van der Waals surface area contributed by atoms with Gasteiger partial charge in [0.25, 0.3) is 0 Å². The fourth-order valence-corrected chi connectivity index (χ4v) is 3.24. The molecule has 1 aliphatic rings. The molecule has 1 atom stereocenters. The van der Waals surface area contributed by atoms with Crippen LogP contribution >= 0.6 is 0 Å². The Labute approximate surface area is 131 Å². The number of carbonyl (C=O) groups excluding carboxylic acids is 1. The smallest absolute Gasteiger partial charge is 0.222 e. The third kappa shape index (κ3) is 5.95. The maximum Gasteiger partial charge on any atom is 0.222 e. The van der Waals surface area contributed by atoms with Crippen LogP contribution in [0.25, 0.3) is 0 Å². The summed E-state index contributed by atoms with van der Waals surface area (Å²) in [5, 5.41) is 0. The van der Waals surface area contributed by atoms with Gasteiger partial charge in [0.1, 0.15) is 0 Å². The fourth-order valence-electron chi connectivity index (χ4n) is 3.24. The Morgan fingerprint density at radius 3 is 2.05 bits per heavy atom. The number of amides is 1. The molecule has 0 aromatic rings. The molecule has 124 valence electrons. The predicted octanol–water partition coefficient (Wildman–Crippen LogP) is 2.33. The summed E-state index contributed by atoms with van der Waals surface area (Å²) in [7, 11) is 0. The summed E-state index contributed by atoms with van der Waals surface area (Å²) in [5.41, 5.74) is 6.17. The van der Waals surface area contributed by atoms with Crippen molar-refractivity contribution in [1.29, 1.82) is 0 Å². The summed E-state index contributed by atoms with van der Waals surface area (Å²) < 4.78 is 0. The minimum atomic E-state index is 0.0364. The van der Waals surface area contributed by atoms with Gasteiger partial charge in [-0.1, -0.05) is 27.7 Å². The highest BCUT2D eigenvalue weighted by atomic mass is 16.2. The monoisotopic (exact) mass is 297 g/mol. The van der Waals surface area contributed by atoms with Crippen LogP contribution in [0.5, 0.6) is 0 Å². The average molecular weight is 297 g/mol. The summed E-state index contributed by atoms with van der Waals surface area (Å²) in [6.45, 7) is 17.5. The fraction of sp³-hybridized carbons (Fsp3) is 0.941. The molecule has 1 unspecified atom stereocenters. The number of hydrogen-bond donors (Lipinski definition) is 1. The lowest BCUT2D eigenvalue weighted by molar-refractivity contribution is -0.134. The van der Waals surface area contributed by atoms with Crippen molar-refractivity contribution in [2.24, 2.45) is 17.1 Å². The van der Waals surface area contributed by atoms with Gasteiger partial charge in [0, 0.05) is 44.7 Å². The average Bonchev–Trinajstić information content (AvgIpc) is 2.36. The van der Waals surface area contributed by atoms with E-state index in [1.54, 1.807) is 0 Å². The minimum absolute atomic E-state index is 0.0364. The second-order valence-corrected chi connectivity index (χ2v) is 8.46. The van der Waals surface area contributed by atoms with Gasteiger partial charge in [-0.15, -0.1) is 0 Å². The normalized spacial score (nSPS) is 19.7. The molecule has 1 aliphatic heterocycles. The zero-order chi connectivity index (χ0) is 16.3. The highest BCUT2D eigenvalue weighted by Gasteiger charge is 2.30. The first kappa shape index (κ1) is 18.4. The van der Waals surface area contributed by atoms with Crippen molar-refractivity contribution in [3.63, 3.8) is 0 Å². The van der Waals surface area contributed by atoms with Crippen LogP contribution in [-0.2, 0) is 4.79 Å². The molecular formula is C17H35N3O.